The summed E-state index contributed by atoms with van der Waals surface area (Å²) in [6.45, 7) is 2.04. The third kappa shape index (κ3) is 4.07. The van der Waals surface area contributed by atoms with E-state index >= 15 is 0 Å². The Morgan fingerprint density at radius 2 is 1.84 bits per heavy atom. The predicted molar refractivity (Wildman–Crippen MR) is 98.5 cm³/mol. The van der Waals surface area contributed by atoms with Crippen LogP contribution in [0.1, 0.15) is 49.4 Å². The van der Waals surface area contributed by atoms with Crippen molar-refractivity contribution in [3.63, 3.8) is 0 Å². The molecule has 4 heteroatoms. The summed E-state index contributed by atoms with van der Waals surface area (Å²) in [5.74, 6) is 0.276. The van der Waals surface area contributed by atoms with Crippen LogP contribution in [0.5, 0.6) is 0 Å². The quantitative estimate of drug-likeness (QED) is 0.759. The molecule has 1 aliphatic carbocycles. The van der Waals surface area contributed by atoms with Crippen LogP contribution in [0.15, 0.2) is 42.5 Å². The third-order valence-electron chi connectivity index (χ3n) is 5.17. The minimum Gasteiger partial charge on any atom is -0.393 e. The molecule has 3 rings (SSSR count). The van der Waals surface area contributed by atoms with Gasteiger partial charge < -0.3 is 10.4 Å². The molecule has 0 heterocycles. The molecule has 0 aromatic heterocycles. The van der Waals surface area contributed by atoms with Crippen LogP contribution < -0.4 is 5.32 Å². The summed E-state index contributed by atoms with van der Waals surface area (Å²) >= 11 is 0. The van der Waals surface area contributed by atoms with Gasteiger partial charge in [-0.1, -0.05) is 49.4 Å². The highest BCUT2D eigenvalue weighted by Crippen LogP contribution is 2.31. The fourth-order valence-corrected chi connectivity index (χ4v) is 3.62. The predicted octanol–water partition coefficient (Wildman–Crippen LogP) is 3.47. The van der Waals surface area contributed by atoms with E-state index in [2.05, 4.69) is 5.32 Å². The van der Waals surface area contributed by atoms with Crippen LogP contribution in [0.2, 0.25) is 0 Å². The number of aliphatic hydroxyl groups excluding tert-OH is 1. The Hall–Kier alpha value is -2.20. The molecule has 25 heavy (non-hydrogen) atoms. The molecule has 1 fully saturated rings. The number of Topliss-reactive ketones (excluding diaryl/α,β-unsaturated/α-hetero) is 1. The highest BCUT2D eigenvalue weighted by molar-refractivity contribution is 6.08. The van der Waals surface area contributed by atoms with Gasteiger partial charge in [-0.25, -0.2) is 0 Å². The highest BCUT2D eigenvalue weighted by Gasteiger charge is 2.33. The van der Waals surface area contributed by atoms with Gasteiger partial charge in [0.1, 0.15) is 0 Å². The van der Waals surface area contributed by atoms with E-state index in [0.29, 0.717) is 11.5 Å². The van der Waals surface area contributed by atoms with Crippen molar-refractivity contribution in [2.75, 3.05) is 0 Å². The Labute approximate surface area is 148 Å². The number of ketones is 1. The van der Waals surface area contributed by atoms with Crippen molar-refractivity contribution in [1.29, 1.82) is 0 Å². The number of nitrogens with one attached hydrogen (secondary N) is 1. The van der Waals surface area contributed by atoms with Crippen molar-refractivity contribution in [1.82, 2.24) is 5.32 Å². The van der Waals surface area contributed by atoms with Gasteiger partial charge in [0.05, 0.1) is 6.10 Å². The monoisotopic (exact) mass is 339 g/mol. The summed E-state index contributed by atoms with van der Waals surface area (Å²) in [7, 11) is 0. The normalized spacial score (nSPS) is 20.7. The summed E-state index contributed by atoms with van der Waals surface area (Å²) in [5.41, 5.74) is 0.681. The van der Waals surface area contributed by atoms with Crippen molar-refractivity contribution >= 4 is 22.5 Å². The third-order valence-corrected chi connectivity index (χ3v) is 5.17. The average molecular weight is 339 g/mol. The zero-order valence-electron chi connectivity index (χ0n) is 14.6. The van der Waals surface area contributed by atoms with E-state index in [9.17, 15) is 14.7 Å². The maximum Gasteiger partial charge on any atom is 0.220 e. The maximum atomic E-state index is 12.5. The lowest BCUT2D eigenvalue weighted by Crippen LogP contribution is -2.46. The number of rotatable bonds is 7. The Kier molecular flexibility index (Phi) is 5.49. The number of hydrogen-bond acceptors (Lipinski definition) is 3. The second kappa shape index (κ2) is 7.79. The number of fused-ring (bicyclic) bond motifs is 1. The van der Waals surface area contributed by atoms with Crippen LogP contribution in [-0.4, -0.2) is 28.9 Å². The molecule has 1 saturated carbocycles. The zero-order valence-corrected chi connectivity index (χ0v) is 14.6. The smallest absolute Gasteiger partial charge is 0.220 e. The number of benzene rings is 2. The van der Waals surface area contributed by atoms with Gasteiger partial charge in [-0.05, 0) is 36.0 Å². The van der Waals surface area contributed by atoms with Crippen LogP contribution in [0.4, 0.5) is 0 Å². The number of carbonyl (C=O) groups excluding carboxylic acids is 2. The first kappa shape index (κ1) is 17.6. The van der Waals surface area contributed by atoms with Crippen molar-refractivity contribution in [3.05, 3.63) is 48.0 Å². The fourth-order valence-electron chi connectivity index (χ4n) is 3.62. The van der Waals surface area contributed by atoms with E-state index in [0.717, 1.165) is 30.0 Å². The van der Waals surface area contributed by atoms with E-state index in [-0.39, 0.29) is 36.7 Å². The lowest BCUT2D eigenvalue weighted by Gasteiger charge is -2.37. The number of amides is 1. The number of hydrogen-bond donors (Lipinski definition) is 2. The summed E-state index contributed by atoms with van der Waals surface area (Å²) in [5, 5.41) is 14.4. The molecule has 0 radical (unpaired) electrons. The minimum absolute atomic E-state index is 0.000866. The molecule has 132 valence electrons. The van der Waals surface area contributed by atoms with E-state index < -0.39 is 0 Å². The lowest BCUT2D eigenvalue weighted by molar-refractivity contribution is -0.123. The van der Waals surface area contributed by atoms with Crippen LogP contribution in [0.25, 0.3) is 10.8 Å². The molecule has 2 aromatic carbocycles. The molecule has 2 aromatic rings. The number of carbonyl (C=O) groups is 2. The summed E-state index contributed by atoms with van der Waals surface area (Å²) in [6, 6.07) is 13.6. The van der Waals surface area contributed by atoms with Crippen molar-refractivity contribution in [3.8, 4) is 0 Å². The molecule has 0 unspecified atom stereocenters. The van der Waals surface area contributed by atoms with Gasteiger partial charge in [-0.2, -0.15) is 0 Å². The molecule has 0 spiro atoms. The summed E-state index contributed by atoms with van der Waals surface area (Å²) in [4.78, 5) is 24.8. The van der Waals surface area contributed by atoms with Crippen molar-refractivity contribution in [2.45, 2.75) is 51.2 Å². The molecular weight excluding hydrogens is 314 g/mol. The van der Waals surface area contributed by atoms with Gasteiger partial charge in [0, 0.05) is 24.4 Å². The first-order valence-corrected chi connectivity index (χ1v) is 9.07. The Balaban J connectivity index is 1.57. The molecule has 4 nitrogen and oxygen atoms in total. The van der Waals surface area contributed by atoms with Gasteiger partial charge >= 0.3 is 0 Å². The van der Waals surface area contributed by atoms with E-state index in [1.165, 1.54) is 0 Å². The van der Waals surface area contributed by atoms with Gasteiger partial charge in [-0.15, -0.1) is 0 Å². The summed E-state index contributed by atoms with van der Waals surface area (Å²) < 4.78 is 0. The van der Waals surface area contributed by atoms with Gasteiger partial charge in [0.2, 0.25) is 5.91 Å². The van der Waals surface area contributed by atoms with Crippen LogP contribution in [0.3, 0.4) is 0 Å². The number of aliphatic hydroxyl groups is 1. The molecule has 1 aliphatic rings. The largest absolute Gasteiger partial charge is 0.393 e. The Morgan fingerprint density at radius 3 is 2.56 bits per heavy atom. The van der Waals surface area contributed by atoms with E-state index in [1.54, 1.807) is 0 Å². The molecule has 2 N–H and O–H groups in total. The Morgan fingerprint density at radius 1 is 1.12 bits per heavy atom. The minimum atomic E-state index is -0.219. The second-order valence-electron chi connectivity index (χ2n) is 6.92. The van der Waals surface area contributed by atoms with E-state index in [1.807, 2.05) is 49.4 Å². The van der Waals surface area contributed by atoms with Crippen LogP contribution in [0, 0.1) is 5.92 Å². The first-order valence-electron chi connectivity index (χ1n) is 9.07. The highest BCUT2D eigenvalue weighted by atomic mass is 16.3. The zero-order chi connectivity index (χ0) is 17.8. The topological polar surface area (TPSA) is 66.4 Å². The molecular formula is C21H25NO3. The fraction of sp³-hybridized carbons (Fsp3) is 0.429. The molecule has 1 amide bonds. The van der Waals surface area contributed by atoms with E-state index in [4.69, 9.17) is 0 Å². The van der Waals surface area contributed by atoms with Crippen LogP contribution >= 0.6 is 0 Å². The van der Waals surface area contributed by atoms with Gasteiger partial charge in [0.15, 0.2) is 5.78 Å². The SMILES string of the molecule is CC[C@H](NC(=O)CCC(=O)c1cccc2ccccc12)C1CC(O)C1. The van der Waals surface area contributed by atoms with Crippen molar-refractivity contribution in [2.24, 2.45) is 5.92 Å². The molecule has 0 aliphatic heterocycles. The maximum absolute atomic E-state index is 12.5. The van der Waals surface area contributed by atoms with Crippen molar-refractivity contribution < 1.29 is 14.7 Å². The lowest BCUT2D eigenvalue weighted by atomic mass is 9.76. The Bertz CT molecular complexity index is 759. The average Bonchev–Trinajstić information content (AvgIpc) is 2.61. The summed E-state index contributed by atoms with van der Waals surface area (Å²) in [6.07, 6.45) is 2.56. The molecule has 0 saturated heterocycles. The van der Waals surface area contributed by atoms with Gasteiger partial charge in [0.25, 0.3) is 0 Å². The standard InChI is InChI=1S/C21H25NO3/c1-2-19(15-12-16(23)13-15)22-21(25)11-10-20(24)18-9-5-7-14-6-3-4-8-17(14)18/h3-9,15-16,19,23H,2,10-13H2,1H3,(H,22,25)/t15?,16?,19-/m0/s1. The molecule has 0 bridgehead atoms. The van der Waals surface area contributed by atoms with Gasteiger partial charge in [-0.3, -0.25) is 9.59 Å². The second-order valence-corrected chi connectivity index (χ2v) is 6.92. The molecule has 1 atom stereocenters. The van der Waals surface area contributed by atoms with Crippen LogP contribution in [-0.2, 0) is 4.79 Å². The first-order chi connectivity index (χ1) is 12.1.